The van der Waals surface area contributed by atoms with Crippen molar-refractivity contribution < 1.29 is 9.90 Å². The first-order chi connectivity index (χ1) is 8.25. The summed E-state index contributed by atoms with van der Waals surface area (Å²) in [5.41, 5.74) is 0. The molecule has 7 nitrogen and oxygen atoms in total. The van der Waals surface area contributed by atoms with Gasteiger partial charge in [-0.1, -0.05) is 0 Å². The fourth-order valence-electron chi connectivity index (χ4n) is 2.02. The van der Waals surface area contributed by atoms with E-state index in [9.17, 15) is 4.79 Å². The Morgan fingerprint density at radius 2 is 2.24 bits per heavy atom. The molecule has 0 aliphatic heterocycles. The third kappa shape index (κ3) is 2.28. The number of hydrogen-bond donors (Lipinski definition) is 2. The van der Waals surface area contributed by atoms with Crippen LogP contribution in [0.2, 0.25) is 0 Å². The lowest BCUT2D eigenvalue weighted by Gasteiger charge is -2.12. The zero-order valence-electron chi connectivity index (χ0n) is 9.41. The number of carbonyl (C=O) groups is 1. The smallest absolute Gasteiger partial charge is 0.320 e. The largest absolute Gasteiger partial charge is 0.480 e. The molecule has 1 unspecified atom stereocenters. The second kappa shape index (κ2) is 4.06. The molecule has 0 spiro atoms. The van der Waals surface area contributed by atoms with Gasteiger partial charge < -0.3 is 5.11 Å². The highest BCUT2D eigenvalue weighted by atomic mass is 16.4. The normalized spacial score (nSPS) is 21.4. The van der Waals surface area contributed by atoms with Crippen molar-refractivity contribution in [2.45, 2.75) is 44.3 Å². The molecular formula is C10H15N5O2. The predicted octanol–water partition coefficient (Wildman–Crippen LogP) is -0.0392. The summed E-state index contributed by atoms with van der Waals surface area (Å²) in [6.45, 7) is 0.428. The standard InChI is InChI=1S/C10H15N5O2/c16-10(17)9(6-1-2-6)11-5-8-12-13-14-15(8)7-3-4-7/h6-7,9,11H,1-5H2,(H,16,17). The lowest BCUT2D eigenvalue weighted by atomic mass is 10.2. The van der Waals surface area contributed by atoms with Crippen LogP contribution < -0.4 is 5.32 Å². The number of aromatic nitrogens is 4. The first-order valence-corrected chi connectivity index (χ1v) is 5.98. The zero-order chi connectivity index (χ0) is 11.8. The first-order valence-electron chi connectivity index (χ1n) is 5.98. The number of aliphatic carboxylic acids is 1. The molecule has 0 amide bonds. The highest BCUT2D eigenvalue weighted by Crippen LogP contribution is 2.35. The van der Waals surface area contributed by atoms with E-state index in [1.165, 1.54) is 0 Å². The van der Waals surface area contributed by atoms with Crippen molar-refractivity contribution in [3.63, 3.8) is 0 Å². The third-order valence-electron chi connectivity index (χ3n) is 3.29. The van der Waals surface area contributed by atoms with E-state index in [-0.39, 0.29) is 5.92 Å². The van der Waals surface area contributed by atoms with Gasteiger partial charge in [-0.15, -0.1) is 5.10 Å². The summed E-state index contributed by atoms with van der Waals surface area (Å²) in [4.78, 5) is 11.1. The number of tetrazole rings is 1. The molecule has 17 heavy (non-hydrogen) atoms. The SMILES string of the molecule is O=C(O)C(NCc1nnnn1C1CC1)C1CC1. The third-order valence-corrected chi connectivity index (χ3v) is 3.29. The van der Waals surface area contributed by atoms with Crippen LogP contribution in [0, 0.1) is 5.92 Å². The zero-order valence-corrected chi connectivity index (χ0v) is 9.41. The van der Waals surface area contributed by atoms with Gasteiger partial charge in [0, 0.05) is 0 Å². The van der Waals surface area contributed by atoms with Crippen LogP contribution in [0.1, 0.15) is 37.5 Å². The van der Waals surface area contributed by atoms with Crippen molar-refractivity contribution in [2.75, 3.05) is 0 Å². The van der Waals surface area contributed by atoms with Gasteiger partial charge in [0.1, 0.15) is 6.04 Å². The average Bonchev–Trinajstić information content (AvgIpc) is 3.19. The van der Waals surface area contributed by atoms with E-state index in [1.54, 1.807) is 4.68 Å². The van der Waals surface area contributed by atoms with Gasteiger partial charge in [-0.3, -0.25) is 10.1 Å². The fourth-order valence-corrected chi connectivity index (χ4v) is 2.02. The van der Waals surface area contributed by atoms with Crippen molar-refractivity contribution >= 4 is 5.97 Å². The molecule has 2 saturated carbocycles. The molecule has 2 N–H and O–H groups in total. The van der Waals surface area contributed by atoms with Gasteiger partial charge in [0.25, 0.3) is 0 Å². The van der Waals surface area contributed by atoms with E-state index < -0.39 is 12.0 Å². The van der Waals surface area contributed by atoms with Gasteiger partial charge in [0.05, 0.1) is 12.6 Å². The lowest BCUT2D eigenvalue weighted by molar-refractivity contribution is -0.140. The molecule has 2 fully saturated rings. The molecule has 92 valence electrons. The molecule has 0 aromatic carbocycles. The molecular weight excluding hydrogens is 222 g/mol. The Morgan fingerprint density at radius 3 is 2.82 bits per heavy atom. The van der Waals surface area contributed by atoms with Gasteiger partial charge in [-0.25, -0.2) is 4.68 Å². The maximum absolute atomic E-state index is 11.1. The quantitative estimate of drug-likeness (QED) is 0.721. The molecule has 7 heteroatoms. The first kappa shape index (κ1) is 10.6. The molecule has 2 aliphatic carbocycles. The molecule has 0 saturated heterocycles. The minimum atomic E-state index is -0.780. The second-order valence-corrected chi connectivity index (χ2v) is 4.81. The minimum Gasteiger partial charge on any atom is -0.480 e. The van der Waals surface area contributed by atoms with Crippen LogP contribution in [0.25, 0.3) is 0 Å². The molecule has 0 radical (unpaired) electrons. The number of carboxylic acids is 1. The van der Waals surface area contributed by atoms with Gasteiger partial charge in [-0.2, -0.15) is 0 Å². The van der Waals surface area contributed by atoms with Crippen molar-refractivity contribution in [3.8, 4) is 0 Å². The molecule has 0 bridgehead atoms. The van der Waals surface area contributed by atoms with Crippen LogP contribution in [-0.4, -0.2) is 37.3 Å². The van der Waals surface area contributed by atoms with Crippen LogP contribution >= 0.6 is 0 Å². The van der Waals surface area contributed by atoms with E-state index in [0.717, 1.165) is 31.5 Å². The topological polar surface area (TPSA) is 92.9 Å². The van der Waals surface area contributed by atoms with Crippen LogP contribution in [0.3, 0.4) is 0 Å². The second-order valence-electron chi connectivity index (χ2n) is 4.81. The number of carboxylic acid groups (broad SMARTS) is 1. The van der Waals surface area contributed by atoms with E-state index >= 15 is 0 Å². The van der Waals surface area contributed by atoms with Gasteiger partial charge in [-0.05, 0) is 42.0 Å². The van der Waals surface area contributed by atoms with E-state index in [2.05, 4.69) is 20.8 Å². The van der Waals surface area contributed by atoms with E-state index in [0.29, 0.717) is 12.6 Å². The Hall–Kier alpha value is -1.50. The van der Waals surface area contributed by atoms with E-state index in [1.807, 2.05) is 0 Å². The Balaban J connectivity index is 1.62. The number of hydrogen-bond acceptors (Lipinski definition) is 5. The Labute approximate surface area is 98.2 Å². The van der Waals surface area contributed by atoms with Gasteiger partial charge in [0.2, 0.25) is 0 Å². The number of nitrogens with zero attached hydrogens (tertiary/aromatic N) is 4. The Morgan fingerprint density at radius 1 is 1.47 bits per heavy atom. The molecule has 3 rings (SSSR count). The van der Waals surface area contributed by atoms with E-state index in [4.69, 9.17) is 5.11 Å². The summed E-state index contributed by atoms with van der Waals surface area (Å²) in [5, 5.41) is 23.6. The van der Waals surface area contributed by atoms with Crippen molar-refractivity contribution in [1.29, 1.82) is 0 Å². The maximum Gasteiger partial charge on any atom is 0.320 e. The lowest BCUT2D eigenvalue weighted by Crippen LogP contribution is -2.38. The van der Waals surface area contributed by atoms with Crippen LogP contribution in [0.15, 0.2) is 0 Å². The van der Waals surface area contributed by atoms with Crippen LogP contribution in [0.5, 0.6) is 0 Å². The monoisotopic (exact) mass is 237 g/mol. The summed E-state index contributed by atoms with van der Waals surface area (Å²) in [6, 6.07) is -0.0367. The molecule has 2 aliphatic rings. The van der Waals surface area contributed by atoms with Crippen LogP contribution in [0.4, 0.5) is 0 Å². The summed E-state index contributed by atoms with van der Waals surface area (Å²) in [5.74, 6) is 0.232. The minimum absolute atomic E-state index is 0.276. The summed E-state index contributed by atoms with van der Waals surface area (Å²) >= 11 is 0. The average molecular weight is 237 g/mol. The van der Waals surface area contributed by atoms with Gasteiger partial charge >= 0.3 is 5.97 Å². The van der Waals surface area contributed by atoms with Crippen LogP contribution in [-0.2, 0) is 11.3 Å². The molecule has 1 aromatic heterocycles. The van der Waals surface area contributed by atoms with Crippen molar-refractivity contribution in [1.82, 2.24) is 25.5 Å². The summed E-state index contributed by atoms with van der Waals surface area (Å²) in [7, 11) is 0. The number of rotatable bonds is 6. The Kier molecular flexibility index (Phi) is 2.54. The maximum atomic E-state index is 11.1. The molecule has 1 aromatic rings. The summed E-state index contributed by atoms with van der Waals surface area (Å²) in [6.07, 6.45) is 4.22. The number of nitrogens with one attached hydrogen (secondary N) is 1. The van der Waals surface area contributed by atoms with Crippen molar-refractivity contribution in [3.05, 3.63) is 5.82 Å². The Bertz CT molecular complexity index is 424. The highest BCUT2D eigenvalue weighted by Gasteiger charge is 2.36. The fraction of sp³-hybridized carbons (Fsp3) is 0.800. The molecule has 1 atom stereocenters. The van der Waals surface area contributed by atoms with Gasteiger partial charge in [0.15, 0.2) is 5.82 Å². The highest BCUT2D eigenvalue weighted by molar-refractivity contribution is 5.74. The van der Waals surface area contributed by atoms with Crippen molar-refractivity contribution in [2.24, 2.45) is 5.92 Å². The molecule has 1 heterocycles. The summed E-state index contributed by atoms with van der Waals surface area (Å²) < 4.78 is 1.80. The predicted molar refractivity (Wildman–Crippen MR) is 57.1 cm³/mol.